The summed E-state index contributed by atoms with van der Waals surface area (Å²) in [6, 6.07) is 41.4. The van der Waals surface area contributed by atoms with Crippen molar-refractivity contribution < 1.29 is 0 Å². The minimum Gasteiger partial charge on any atom is -0.266 e. The normalized spacial score (nSPS) is 24.2. The molecule has 4 aromatic carbocycles. The predicted molar refractivity (Wildman–Crippen MR) is 148 cm³/mol. The van der Waals surface area contributed by atoms with Crippen LogP contribution in [0.3, 0.4) is 0 Å². The molecule has 6 rings (SSSR count). The van der Waals surface area contributed by atoms with Gasteiger partial charge in [-0.15, -0.1) is 0 Å². The zero-order valence-corrected chi connectivity index (χ0v) is 21.5. The molecule has 2 nitrogen and oxygen atoms in total. The van der Waals surface area contributed by atoms with E-state index in [0.717, 1.165) is 13.1 Å². The van der Waals surface area contributed by atoms with Gasteiger partial charge in [0.15, 0.2) is 0 Å². The van der Waals surface area contributed by atoms with Gasteiger partial charge in [0.25, 0.3) is 0 Å². The number of nitrogens with zero attached hydrogens (tertiary/aromatic N) is 2. The third-order valence-electron chi connectivity index (χ3n) is 7.20. The lowest BCUT2D eigenvalue weighted by Gasteiger charge is -2.34. The molecular formula is C30H30N2P2. The van der Waals surface area contributed by atoms with E-state index in [1.54, 1.807) is 0 Å². The quantitative estimate of drug-likeness (QED) is 0.332. The molecule has 0 saturated carbocycles. The number of rotatable bonds is 5. The maximum atomic E-state index is 2.78. The van der Waals surface area contributed by atoms with Crippen molar-refractivity contribution in [3.63, 3.8) is 0 Å². The van der Waals surface area contributed by atoms with Gasteiger partial charge in [-0.05, 0) is 46.2 Å². The van der Waals surface area contributed by atoms with E-state index in [-0.39, 0.29) is 0 Å². The fourth-order valence-corrected chi connectivity index (χ4v) is 11.1. The van der Waals surface area contributed by atoms with E-state index < -0.39 is 16.1 Å². The van der Waals surface area contributed by atoms with E-state index in [9.17, 15) is 0 Å². The highest BCUT2D eigenvalue weighted by atomic mass is 31.1. The first-order valence-electron chi connectivity index (χ1n) is 12.2. The molecule has 0 saturated heterocycles. The summed E-state index contributed by atoms with van der Waals surface area (Å²) in [5.74, 6) is 0. The first kappa shape index (κ1) is 22.1. The van der Waals surface area contributed by atoms with Crippen molar-refractivity contribution >= 4 is 37.4 Å². The zero-order valence-electron chi connectivity index (χ0n) is 19.8. The summed E-state index contributed by atoms with van der Waals surface area (Å²) in [6.07, 6.45) is 0. The van der Waals surface area contributed by atoms with Gasteiger partial charge in [-0.1, -0.05) is 109 Å². The molecule has 2 heterocycles. The van der Waals surface area contributed by atoms with Crippen molar-refractivity contribution in [1.82, 2.24) is 9.34 Å². The van der Waals surface area contributed by atoms with Crippen molar-refractivity contribution in [2.24, 2.45) is 0 Å². The molecule has 4 atom stereocenters. The molecule has 0 radical (unpaired) electrons. The van der Waals surface area contributed by atoms with Crippen molar-refractivity contribution in [2.45, 2.75) is 25.9 Å². The van der Waals surface area contributed by atoms with E-state index >= 15 is 0 Å². The SMILES string of the molecule is C[C@H]1c2ccccc2[P@@](c2ccccc2)N1CCN1[C@@H](C)c2ccccc2[P@]1c1ccccc1. The molecule has 4 heteroatoms. The number of benzene rings is 4. The molecule has 0 unspecified atom stereocenters. The third kappa shape index (κ3) is 3.74. The highest BCUT2D eigenvalue weighted by Gasteiger charge is 2.40. The molecule has 34 heavy (non-hydrogen) atoms. The monoisotopic (exact) mass is 480 g/mol. The Morgan fingerprint density at radius 3 is 1.26 bits per heavy atom. The summed E-state index contributed by atoms with van der Waals surface area (Å²) in [5.41, 5.74) is 3.00. The van der Waals surface area contributed by atoms with Crippen molar-refractivity contribution in [2.75, 3.05) is 13.1 Å². The Morgan fingerprint density at radius 1 is 0.500 bits per heavy atom. The molecule has 0 fully saturated rings. The van der Waals surface area contributed by atoms with Gasteiger partial charge in [0.2, 0.25) is 0 Å². The van der Waals surface area contributed by atoms with Crippen LogP contribution in [0.5, 0.6) is 0 Å². The lowest BCUT2D eigenvalue weighted by Crippen LogP contribution is -2.33. The van der Waals surface area contributed by atoms with Crippen LogP contribution >= 0.6 is 16.1 Å². The van der Waals surface area contributed by atoms with Crippen LogP contribution in [0.1, 0.15) is 37.1 Å². The number of hydrogen-bond donors (Lipinski definition) is 0. The van der Waals surface area contributed by atoms with Crippen LogP contribution in [-0.4, -0.2) is 22.4 Å². The van der Waals surface area contributed by atoms with Crippen LogP contribution in [0.4, 0.5) is 0 Å². The summed E-state index contributed by atoms with van der Waals surface area (Å²) in [4.78, 5) is 0. The van der Waals surface area contributed by atoms with Crippen LogP contribution in [0, 0.1) is 0 Å². The topological polar surface area (TPSA) is 6.48 Å². The van der Waals surface area contributed by atoms with Gasteiger partial charge in [0.1, 0.15) is 0 Å². The predicted octanol–water partition coefficient (Wildman–Crippen LogP) is 5.84. The van der Waals surface area contributed by atoms with Gasteiger partial charge in [-0.3, -0.25) is 9.34 Å². The Labute approximate surface area is 205 Å². The molecular weight excluding hydrogens is 450 g/mol. The first-order chi connectivity index (χ1) is 16.7. The summed E-state index contributed by atoms with van der Waals surface area (Å²) < 4.78 is 5.56. The number of fused-ring (bicyclic) bond motifs is 2. The number of hydrogen-bond acceptors (Lipinski definition) is 2. The molecule has 0 amide bonds. The Kier molecular flexibility index (Phi) is 6.10. The Morgan fingerprint density at radius 2 is 0.853 bits per heavy atom. The Hall–Kier alpha value is -2.34. The molecule has 170 valence electrons. The summed E-state index contributed by atoms with van der Waals surface area (Å²) in [5, 5.41) is 5.97. The van der Waals surface area contributed by atoms with Gasteiger partial charge in [-0.25, -0.2) is 0 Å². The fraction of sp³-hybridized carbons (Fsp3) is 0.200. The van der Waals surface area contributed by atoms with E-state index in [1.165, 1.54) is 32.3 Å². The standard InChI is InChI=1S/C30H30N2P2/c1-23-27-17-9-11-19-29(27)33(25-13-5-3-6-14-25)31(23)21-22-32-24(2)28-18-10-12-20-30(28)34(32)26-15-7-4-8-16-26/h3-20,23-24H,21-22H2,1-2H3/t23-,24-,33-,34+/m0/s1. The fourth-order valence-electron chi connectivity index (χ4n) is 5.52. The third-order valence-corrected chi connectivity index (χ3v) is 12.6. The van der Waals surface area contributed by atoms with Crippen molar-refractivity contribution in [1.29, 1.82) is 0 Å². The zero-order chi connectivity index (χ0) is 23.1. The molecule has 2 aliphatic rings. The van der Waals surface area contributed by atoms with Crippen LogP contribution < -0.4 is 21.2 Å². The second-order valence-electron chi connectivity index (χ2n) is 9.09. The van der Waals surface area contributed by atoms with Crippen LogP contribution in [0.15, 0.2) is 109 Å². The Balaban J connectivity index is 1.33. The van der Waals surface area contributed by atoms with Crippen LogP contribution in [-0.2, 0) is 0 Å². The average Bonchev–Trinajstić information content (AvgIpc) is 3.34. The lowest BCUT2D eigenvalue weighted by atomic mass is 10.1. The highest BCUT2D eigenvalue weighted by molar-refractivity contribution is 7.71. The van der Waals surface area contributed by atoms with Crippen molar-refractivity contribution in [3.8, 4) is 0 Å². The van der Waals surface area contributed by atoms with Gasteiger partial charge < -0.3 is 0 Å². The molecule has 0 spiro atoms. The van der Waals surface area contributed by atoms with Crippen LogP contribution in [0.2, 0.25) is 0 Å². The Bertz CT molecular complexity index is 1180. The van der Waals surface area contributed by atoms with Crippen molar-refractivity contribution in [3.05, 3.63) is 120 Å². The minimum atomic E-state index is -0.507. The van der Waals surface area contributed by atoms with E-state index in [4.69, 9.17) is 0 Å². The van der Waals surface area contributed by atoms with Gasteiger partial charge in [0, 0.05) is 41.3 Å². The second kappa shape index (κ2) is 9.37. The summed E-state index contributed by atoms with van der Waals surface area (Å²) in [6.45, 7) is 6.93. The molecule has 4 aromatic rings. The molecule has 0 N–H and O–H groups in total. The smallest absolute Gasteiger partial charge is 0.0369 e. The van der Waals surface area contributed by atoms with Gasteiger partial charge in [0.05, 0.1) is 0 Å². The largest absolute Gasteiger partial charge is 0.266 e. The second-order valence-corrected chi connectivity index (χ2v) is 13.4. The molecule has 0 aliphatic carbocycles. The molecule has 0 bridgehead atoms. The van der Waals surface area contributed by atoms with Crippen LogP contribution in [0.25, 0.3) is 0 Å². The van der Waals surface area contributed by atoms with E-state index in [2.05, 4.69) is 132 Å². The van der Waals surface area contributed by atoms with Gasteiger partial charge in [-0.2, -0.15) is 0 Å². The van der Waals surface area contributed by atoms with E-state index in [0.29, 0.717) is 12.1 Å². The lowest BCUT2D eigenvalue weighted by molar-refractivity contribution is 0.311. The summed E-state index contributed by atoms with van der Waals surface area (Å²) >= 11 is 0. The molecule has 0 aromatic heterocycles. The first-order valence-corrected chi connectivity index (χ1v) is 14.7. The maximum Gasteiger partial charge on any atom is 0.0369 e. The summed E-state index contributed by atoms with van der Waals surface area (Å²) in [7, 11) is -1.01. The highest BCUT2D eigenvalue weighted by Crippen LogP contribution is 2.54. The maximum absolute atomic E-state index is 2.78. The van der Waals surface area contributed by atoms with E-state index in [1.807, 2.05) is 0 Å². The average molecular weight is 481 g/mol. The van der Waals surface area contributed by atoms with Gasteiger partial charge >= 0.3 is 0 Å². The molecule has 2 aliphatic heterocycles. The minimum absolute atomic E-state index is 0.436.